The maximum Gasteiger partial charge on any atom is 0.325 e. The number of nitrogens with zero attached hydrogens (tertiary/aromatic N) is 2. The van der Waals surface area contributed by atoms with E-state index in [2.05, 4.69) is 31.4 Å². The fraction of sp³-hybridized carbons (Fsp3) is 0.565. The molecule has 4 fully saturated rings. The van der Waals surface area contributed by atoms with E-state index in [-0.39, 0.29) is 30.4 Å². The van der Waals surface area contributed by atoms with E-state index in [1.54, 1.807) is 0 Å². The number of hydrogen-bond donors (Lipinski definition) is 1. The van der Waals surface area contributed by atoms with Gasteiger partial charge in [0.1, 0.15) is 6.54 Å². The lowest BCUT2D eigenvalue weighted by Crippen LogP contribution is -2.48. The van der Waals surface area contributed by atoms with Crippen molar-refractivity contribution in [2.45, 2.75) is 51.6 Å². The summed E-state index contributed by atoms with van der Waals surface area (Å²) < 4.78 is 11.7. The third-order valence-electron chi connectivity index (χ3n) is 7.05. The zero-order chi connectivity index (χ0) is 21.4. The zero-order valence-electron chi connectivity index (χ0n) is 17.3. The first kappa shape index (κ1) is 20.7. The average Bonchev–Trinajstić information content (AvgIpc) is 3.19. The molecule has 1 aromatic heterocycles. The van der Waals surface area contributed by atoms with E-state index in [9.17, 15) is 9.59 Å². The quantitative estimate of drug-likeness (QED) is 0.586. The highest BCUT2D eigenvalue weighted by Gasteiger charge is 2.51. The second-order valence-corrected chi connectivity index (χ2v) is 10.5. The predicted molar refractivity (Wildman–Crippen MR) is 115 cm³/mol. The van der Waals surface area contributed by atoms with E-state index < -0.39 is 5.97 Å². The minimum atomic E-state index is -0.512. The Morgan fingerprint density at radius 2 is 1.71 bits per heavy atom. The lowest BCUT2D eigenvalue weighted by Gasteiger charge is -2.56. The van der Waals surface area contributed by atoms with Gasteiger partial charge in [-0.3, -0.25) is 9.59 Å². The van der Waals surface area contributed by atoms with Gasteiger partial charge in [-0.1, -0.05) is 15.9 Å². The van der Waals surface area contributed by atoms with Gasteiger partial charge in [0.25, 0.3) is 5.89 Å². The number of hydrogen-bond acceptors (Lipinski definition) is 6. The molecule has 0 aliphatic heterocycles. The van der Waals surface area contributed by atoms with Crippen LogP contribution >= 0.6 is 15.9 Å². The van der Waals surface area contributed by atoms with Gasteiger partial charge in [0.15, 0.2) is 6.61 Å². The topological polar surface area (TPSA) is 94.3 Å². The van der Waals surface area contributed by atoms with E-state index in [0.717, 1.165) is 27.8 Å². The van der Waals surface area contributed by atoms with Gasteiger partial charge in [-0.25, -0.2) is 0 Å². The molecule has 31 heavy (non-hydrogen) atoms. The average molecular weight is 488 g/mol. The van der Waals surface area contributed by atoms with Crippen molar-refractivity contribution in [3.63, 3.8) is 0 Å². The van der Waals surface area contributed by atoms with Crippen LogP contribution in [0.3, 0.4) is 0 Å². The summed E-state index contributed by atoms with van der Waals surface area (Å²) in [5.74, 6) is 2.44. The molecule has 2 aromatic rings. The largest absolute Gasteiger partial charge is 0.454 e. The molecule has 0 saturated heterocycles. The van der Waals surface area contributed by atoms with Crippen molar-refractivity contribution >= 4 is 27.8 Å². The van der Waals surface area contributed by atoms with Crippen molar-refractivity contribution < 1.29 is 18.7 Å². The Bertz CT molecular complexity index is 936. The molecule has 1 aromatic carbocycles. The van der Waals surface area contributed by atoms with Crippen LogP contribution in [0.1, 0.15) is 50.8 Å². The molecular weight excluding hydrogens is 462 g/mol. The van der Waals surface area contributed by atoms with Crippen LogP contribution < -0.4 is 5.32 Å². The molecule has 1 amide bonds. The maximum absolute atomic E-state index is 12.5. The molecule has 7 nitrogen and oxygen atoms in total. The number of amides is 1. The zero-order valence-corrected chi connectivity index (χ0v) is 18.9. The van der Waals surface area contributed by atoms with Gasteiger partial charge >= 0.3 is 5.97 Å². The van der Waals surface area contributed by atoms with Gasteiger partial charge in [0.2, 0.25) is 11.8 Å². The number of benzene rings is 1. The first-order valence-electron chi connectivity index (χ1n) is 11.0. The van der Waals surface area contributed by atoms with Gasteiger partial charge in [-0.15, -0.1) is 10.2 Å². The van der Waals surface area contributed by atoms with Crippen LogP contribution in [0.2, 0.25) is 0 Å². The molecule has 1 heterocycles. The second kappa shape index (κ2) is 8.37. The molecule has 4 saturated carbocycles. The Balaban J connectivity index is 1.07. The Hall–Kier alpha value is -2.22. The summed E-state index contributed by atoms with van der Waals surface area (Å²) in [6.07, 6.45) is 8.12. The number of rotatable bonds is 7. The summed E-state index contributed by atoms with van der Waals surface area (Å²) in [5.41, 5.74) is 0.945. The molecule has 164 valence electrons. The fourth-order valence-electron chi connectivity index (χ4n) is 6.29. The standard InChI is InChI=1S/C23H26BrN3O4/c24-18-3-1-17(2-4-18)22-27-26-20(31-22)13-30-21(29)12-25-19(28)11-23-8-14-5-15(9-23)7-16(6-14)10-23/h1-4,14-16H,5-13H2,(H,25,28). The SMILES string of the molecule is O=C(CC12CC3CC(CC(C3)C1)C2)NCC(=O)OCc1nnc(-c2ccc(Br)cc2)o1. The van der Waals surface area contributed by atoms with Crippen molar-refractivity contribution in [3.05, 3.63) is 34.6 Å². The van der Waals surface area contributed by atoms with Crippen molar-refractivity contribution in [3.8, 4) is 11.5 Å². The fourth-order valence-corrected chi connectivity index (χ4v) is 6.56. The molecule has 0 unspecified atom stereocenters. The third kappa shape index (κ3) is 4.68. The summed E-state index contributed by atoms with van der Waals surface area (Å²) in [4.78, 5) is 24.6. The Kier molecular flexibility index (Phi) is 5.58. The van der Waals surface area contributed by atoms with Crippen LogP contribution in [-0.4, -0.2) is 28.6 Å². The monoisotopic (exact) mass is 487 g/mol. The van der Waals surface area contributed by atoms with Crippen LogP contribution in [0.15, 0.2) is 33.2 Å². The second-order valence-electron chi connectivity index (χ2n) is 9.54. The summed E-state index contributed by atoms with van der Waals surface area (Å²) in [6, 6.07) is 7.47. The molecule has 0 radical (unpaired) electrons. The molecule has 0 atom stereocenters. The highest BCUT2D eigenvalue weighted by molar-refractivity contribution is 9.10. The number of carbonyl (C=O) groups is 2. The van der Waals surface area contributed by atoms with E-state index >= 15 is 0 Å². The molecule has 1 N–H and O–H groups in total. The van der Waals surface area contributed by atoms with Gasteiger partial charge < -0.3 is 14.5 Å². The van der Waals surface area contributed by atoms with E-state index in [1.807, 2.05) is 24.3 Å². The molecule has 6 rings (SSSR count). The van der Waals surface area contributed by atoms with Crippen LogP contribution in [-0.2, 0) is 20.9 Å². The number of aromatic nitrogens is 2. The van der Waals surface area contributed by atoms with Crippen molar-refractivity contribution in [2.24, 2.45) is 23.2 Å². The number of nitrogens with one attached hydrogen (secondary N) is 1. The van der Waals surface area contributed by atoms with Crippen LogP contribution in [0, 0.1) is 23.2 Å². The smallest absolute Gasteiger partial charge is 0.325 e. The van der Waals surface area contributed by atoms with Crippen LogP contribution in [0.25, 0.3) is 11.5 Å². The predicted octanol–water partition coefficient (Wildman–Crippen LogP) is 4.27. The minimum Gasteiger partial charge on any atom is -0.454 e. The van der Waals surface area contributed by atoms with Gasteiger partial charge in [-0.05, 0) is 86.0 Å². The first-order chi connectivity index (χ1) is 15.0. The van der Waals surface area contributed by atoms with Crippen molar-refractivity contribution in [2.75, 3.05) is 6.54 Å². The molecular formula is C23H26BrN3O4. The van der Waals surface area contributed by atoms with Crippen molar-refractivity contribution in [1.82, 2.24) is 15.5 Å². The third-order valence-corrected chi connectivity index (χ3v) is 7.57. The molecule has 4 bridgehead atoms. The summed E-state index contributed by atoms with van der Waals surface area (Å²) in [6.45, 7) is -0.258. The Morgan fingerprint density at radius 3 is 2.35 bits per heavy atom. The van der Waals surface area contributed by atoms with E-state index in [4.69, 9.17) is 9.15 Å². The summed E-state index contributed by atoms with van der Waals surface area (Å²) >= 11 is 3.38. The summed E-state index contributed by atoms with van der Waals surface area (Å²) in [5, 5.41) is 10.6. The van der Waals surface area contributed by atoms with E-state index in [1.165, 1.54) is 38.5 Å². The van der Waals surface area contributed by atoms with Crippen LogP contribution in [0.4, 0.5) is 0 Å². The highest BCUT2D eigenvalue weighted by atomic mass is 79.9. The number of carbonyl (C=O) groups excluding carboxylic acids is 2. The number of esters is 1. The van der Waals surface area contributed by atoms with Gasteiger partial charge in [0.05, 0.1) is 0 Å². The first-order valence-corrected chi connectivity index (χ1v) is 11.8. The van der Waals surface area contributed by atoms with Gasteiger partial charge in [-0.2, -0.15) is 0 Å². The minimum absolute atomic E-state index is 0.0470. The molecule has 4 aliphatic carbocycles. The van der Waals surface area contributed by atoms with Gasteiger partial charge in [0, 0.05) is 16.5 Å². The highest BCUT2D eigenvalue weighted by Crippen LogP contribution is 2.61. The van der Waals surface area contributed by atoms with Crippen LogP contribution in [0.5, 0.6) is 0 Å². The number of ether oxygens (including phenoxy) is 1. The number of halogens is 1. The maximum atomic E-state index is 12.5. The Morgan fingerprint density at radius 1 is 1.06 bits per heavy atom. The van der Waals surface area contributed by atoms with E-state index in [0.29, 0.717) is 12.3 Å². The lowest BCUT2D eigenvalue weighted by atomic mass is 9.49. The molecule has 0 spiro atoms. The lowest BCUT2D eigenvalue weighted by molar-refractivity contribution is -0.146. The summed E-state index contributed by atoms with van der Waals surface area (Å²) in [7, 11) is 0. The molecule has 8 heteroatoms. The Labute approximate surface area is 189 Å². The van der Waals surface area contributed by atoms with Crippen molar-refractivity contribution in [1.29, 1.82) is 0 Å². The normalized spacial score (nSPS) is 28.5. The molecule has 4 aliphatic rings.